The van der Waals surface area contributed by atoms with Crippen molar-refractivity contribution in [1.82, 2.24) is 15.5 Å². The first-order chi connectivity index (χ1) is 18.9. The van der Waals surface area contributed by atoms with Gasteiger partial charge < -0.3 is 24.8 Å². The van der Waals surface area contributed by atoms with Gasteiger partial charge in [0.2, 0.25) is 11.6 Å². The monoisotopic (exact) mass is 537 g/mol. The fraction of sp³-hybridized carbons (Fsp3) is 0.500. The molecule has 1 fully saturated rings. The van der Waals surface area contributed by atoms with Crippen molar-refractivity contribution in [2.75, 3.05) is 32.8 Å². The highest BCUT2D eigenvalue weighted by molar-refractivity contribution is 5.90. The van der Waals surface area contributed by atoms with Gasteiger partial charge in [-0.25, -0.2) is 4.79 Å². The SMILES string of the molecule is CCOC(=O)CCN1CCc2ccccc2C1(NC(=O)COC1CCNC(C)C1)C(=O)OCc1ccccc1. The number of ether oxygens (including phenoxy) is 3. The molecule has 2 aromatic rings. The summed E-state index contributed by atoms with van der Waals surface area (Å²) in [5, 5.41) is 6.38. The number of amides is 1. The lowest BCUT2D eigenvalue weighted by Crippen LogP contribution is -2.66. The van der Waals surface area contributed by atoms with E-state index < -0.39 is 17.5 Å². The van der Waals surface area contributed by atoms with Crippen molar-refractivity contribution < 1.29 is 28.6 Å². The molecule has 0 radical (unpaired) electrons. The van der Waals surface area contributed by atoms with E-state index in [4.69, 9.17) is 14.2 Å². The predicted octanol–water partition coefficient (Wildman–Crippen LogP) is 2.67. The van der Waals surface area contributed by atoms with Crippen LogP contribution in [0.2, 0.25) is 0 Å². The lowest BCUT2D eigenvalue weighted by atomic mass is 9.86. The summed E-state index contributed by atoms with van der Waals surface area (Å²) in [6, 6.07) is 17.3. The van der Waals surface area contributed by atoms with Gasteiger partial charge >= 0.3 is 11.9 Å². The van der Waals surface area contributed by atoms with E-state index in [-0.39, 0.29) is 44.9 Å². The average molecular weight is 538 g/mol. The number of carbonyl (C=O) groups is 3. The Labute approximate surface area is 230 Å². The van der Waals surface area contributed by atoms with Gasteiger partial charge in [0.15, 0.2) is 0 Å². The van der Waals surface area contributed by atoms with E-state index in [9.17, 15) is 14.4 Å². The minimum Gasteiger partial charge on any atom is -0.466 e. The van der Waals surface area contributed by atoms with Crippen LogP contribution in [0.5, 0.6) is 0 Å². The molecule has 1 amide bonds. The van der Waals surface area contributed by atoms with Crippen LogP contribution in [0.4, 0.5) is 0 Å². The number of nitrogens with zero attached hydrogens (tertiary/aromatic N) is 1. The Morgan fingerprint density at radius 1 is 1.08 bits per heavy atom. The molecule has 9 heteroatoms. The second-order valence-corrected chi connectivity index (χ2v) is 10.1. The van der Waals surface area contributed by atoms with E-state index in [2.05, 4.69) is 17.6 Å². The van der Waals surface area contributed by atoms with E-state index in [0.29, 0.717) is 24.6 Å². The second-order valence-electron chi connectivity index (χ2n) is 10.1. The summed E-state index contributed by atoms with van der Waals surface area (Å²) in [7, 11) is 0. The van der Waals surface area contributed by atoms with Crippen LogP contribution >= 0.6 is 0 Å². The molecule has 0 spiro atoms. The van der Waals surface area contributed by atoms with Gasteiger partial charge in [-0.1, -0.05) is 54.6 Å². The summed E-state index contributed by atoms with van der Waals surface area (Å²) in [6.45, 7) is 5.48. The van der Waals surface area contributed by atoms with Gasteiger partial charge in [0.1, 0.15) is 13.2 Å². The van der Waals surface area contributed by atoms with Crippen LogP contribution in [0, 0.1) is 0 Å². The van der Waals surface area contributed by atoms with E-state index in [1.54, 1.807) is 6.92 Å². The normalized spacial score (nSPS) is 22.9. The highest BCUT2D eigenvalue weighted by Gasteiger charge is 2.51. The number of piperidine rings is 1. The summed E-state index contributed by atoms with van der Waals surface area (Å²) in [5.74, 6) is -1.39. The molecule has 210 valence electrons. The summed E-state index contributed by atoms with van der Waals surface area (Å²) in [5.41, 5.74) is 0.799. The minimum atomic E-state index is -1.61. The van der Waals surface area contributed by atoms with Gasteiger partial charge in [0.05, 0.1) is 19.1 Å². The lowest BCUT2D eigenvalue weighted by Gasteiger charge is -2.46. The minimum absolute atomic E-state index is 0.0356. The smallest absolute Gasteiger partial charge is 0.352 e. The van der Waals surface area contributed by atoms with Gasteiger partial charge in [-0.2, -0.15) is 0 Å². The molecule has 3 atom stereocenters. The van der Waals surface area contributed by atoms with Crippen molar-refractivity contribution in [3.05, 3.63) is 71.3 Å². The molecule has 2 heterocycles. The Kier molecular flexibility index (Phi) is 10.1. The Morgan fingerprint density at radius 3 is 2.62 bits per heavy atom. The first kappa shape index (κ1) is 28.7. The molecule has 2 aliphatic rings. The summed E-state index contributed by atoms with van der Waals surface area (Å²) >= 11 is 0. The zero-order chi connectivity index (χ0) is 27.7. The molecule has 0 aromatic heterocycles. The molecule has 9 nitrogen and oxygen atoms in total. The molecular weight excluding hydrogens is 498 g/mol. The van der Waals surface area contributed by atoms with Crippen LogP contribution in [0.15, 0.2) is 54.6 Å². The van der Waals surface area contributed by atoms with Crippen molar-refractivity contribution >= 4 is 17.8 Å². The van der Waals surface area contributed by atoms with Crippen LogP contribution in [-0.2, 0) is 47.3 Å². The predicted molar refractivity (Wildman–Crippen MR) is 145 cm³/mol. The molecule has 39 heavy (non-hydrogen) atoms. The maximum absolute atomic E-state index is 14.1. The highest BCUT2D eigenvalue weighted by atomic mass is 16.5. The van der Waals surface area contributed by atoms with Gasteiger partial charge in [-0.3, -0.25) is 14.5 Å². The van der Waals surface area contributed by atoms with E-state index in [1.807, 2.05) is 59.5 Å². The molecule has 1 saturated heterocycles. The molecule has 4 rings (SSSR count). The lowest BCUT2D eigenvalue weighted by molar-refractivity contribution is -0.169. The van der Waals surface area contributed by atoms with Crippen molar-refractivity contribution in [1.29, 1.82) is 0 Å². The third kappa shape index (κ3) is 7.23. The van der Waals surface area contributed by atoms with Crippen LogP contribution in [-0.4, -0.2) is 67.7 Å². The Balaban J connectivity index is 1.61. The number of fused-ring (bicyclic) bond motifs is 1. The summed E-state index contributed by atoms with van der Waals surface area (Å²) < 4.78 is 17.0. The van der Waals surface area contributed by atoms with Gasteiger partial charge in [0, 0.05) is 24.7 Å². The fourth-order valence-corrected chi connectivity index (χ4v) is 5.36. The molecule has 0 bridgehead atoms. The van der Waals surface area contributed by atoms with Crippen LogP contribution in [0.25, 0.3) is 0 Å². The van der Waals surface area contributed by atoms with Crippen LogP contribution < -0.4 is 10.6 Å². The van der Waals surface area contributed by atoms with Gasteiger partial charge in [0.25, 0.3) is 0 Å². The number of hydrogen-bond donors (Lipinski definition) is 2. The van der Waals surface area contributed by atoms with Gasteiger partial charge in [-0.15, -0.1) is 0 Å². The Bertz CT molecular complexity index is 1130. The van der Waals surface area contributed by atoms with Crippen molar-refractivity contribution in [3.63, 3.8) is 0 Å². The number of esters is 2. The van der Waals surface area contributed by atoms with E-state index in [0.717, 1.165) is 30.5 Å². The highest BCUT2D eigenvalue weighted by Crippen LogP contribution is 2.35. The summed E-state index contributed by atoms with van der Waals surface area (Å²) in [4.78, 5) is 41.6. The maximum atomic E-state index is 14.1. The number of rotatable bonds is 11. The number of carbonyl (C=O) groups excluding carboxylic acids is 3. The van der Waals surface area contributed by atoms with Crippen LogP contribution in [0.1, 0.15) is 49.8 Å². The topological polar surface area (TPSA) is 106 Å². The first-order valence-electron chi connectivity index (χ1n) is 13.8. The molecular formula is C30H39N3O6. The second kappa shape index (κ2) is 13.7. The van der Waals surface area contributed by atoms with Crippen molar-refractivity contribution in [2.45, 2.75) is 63.9 Å². The van der Waals surface area contributed by atoms with E-state index >= 15 is 0 Å². The van der Waals surface area contributed by atoms with Gasteiger partial charge in [-0.05, 0) is 50.8 Å². The van der Waals surface area contributed by atoms with E-state index in [1.165, 1.54) is 0 Å². The number of benzene rings is 2. The standard InChI is InChI=1S/C30H39N3O6/c1-3-37-28(35)15-18-33-17-14-24-11-7-8-12-26(24)30(33,29(36)39-20-23-9-5-4-6-10-23)32-27(34)21-38-25-13-16-31-22(2)19-25/h4-12,22,25,31H,3,13-21H2,1-2H3,(H,32,34). The van der Waals surface area contributed by atoms with Crippen molar-refractivity contribution in [2.24, 2.45) is 0 Å². The zero-order valence-corrected chi connectivity index (χ0v) is 22.8. The third-order valence-corrected chi connectivity index (χ3v) is 7.28. The first-order valence-corrected chi connectivity index (χ1v) is 13.8. The third-order valence-electron chi connectivity index (χ3n) is 7.28. The van der Waals surface area contributed by atoms with Crippen LogP contribution in [0.3, 0.4) is 0 Å². The zero-order valence-electron chi connectivity index (χ0n) is 22.8. The molecule has 0 saturated carbocycles. The summed E-state index contributed by atoms with van der Waals surface area (Å²) in [6.07, 6.45) is 2.32. The number of hydrogen-bond acceptors (Lipinski definition) is 8. The molecule has 2 N–H and O–H groups in total. The maximum Gasteiger partial charge on any atom is 0.352 e. The molecule has 3 unspecified atom stereocenters. The fourth-order valence-electron chi connectivity index (χ4n) is 5.36. The average Bonchev–Trinajstić information content (AvgIpc) is 2.95. The molecule has 0 aliphatic carbocycles. The molecule has 2 aromatic carbocycles. The Morgan fingerprint density at radius 2 is 1.85 bits per heavy atom. The van der Waals surface area contributed by atoms with Crippen molar-refractivity contribution in [3.8, 4) is 0 Å². The quantitative estimate of drug-likeness (QED) is 0.422. The largest absolute Gasteiger partial charge is 0.466 e. The molecule has 2 aliphatic heterocycles. The Hall–Kier alpha value is -3.27. The number of nitrogens with one attached hydrogen (secondary N) is 2.